The van der Waals surface area contributed by atoms with E-state index >= 15 is 0 Å². The van der Waals surface area contributed by atoms with Crippen LogP contribution in [0.15, 0.2) is 0 Å². The third kappa shape index (κ3) is 6.66. The van der Waals surface area contributed by atoms with Crippen LogP contribution in [-0.2, 0) is 10.2 Å². The van der Waals surface area contributed by atoms with Gasteiger partial charge in [0, 0.05) is 15.5 Å². The van der Waals surface area contributed by atoms with Gasteiger partial charge in [-0.15, -0.1) is 0 Å². The Kier molecular flexibility index (Phi) is 3.98. The van der Waals surface area contributed by atoms with Crippen molar-refractivity contribution in [1.82, 2.24) is 0 Å². The first-order valence-corrected chi connectivity index (χ1v) is 5.09. The predicted molar refractivity (Wildman–Crippen MR) is 36.8 cm³/mol. The lowest BCUT2D eigenvalue weighted by Gasteiger charge is -2.02. The molecule has 0 aromatic carbocycles. The molecule has 0 heterocycles. The number of rotatable bonds is 2. The molecule has 0 N–H and O–H groups in total. The highest BCUT2D eigenvalue weighted by Gasteiger charge is 2.02. The second kappa shape index (κ2) is 3.64. The van der Waals surface area contributed by atoms with E-state index in [9.17, 15) is 4.55 Å². The molecule has 0 aromatic rings. The maximum absolute atomic E-state index is 10.3. The summed E-state index contributed by atoms with van der Waals surface area (Å²) in [5.74, 6) is 0. The minimum absolute atomic E-state index is 0.492. The van der Waals surface area contributed by atoms with Crippen molar-refractivity contribution in [3.8, 4) is 0 Å². The summed E-state index contributed by atoms with van der Waals surface area (Å²) >= 11 is 0. The highest BCUT2D eigenvalue weighted by atomic mass is 33.1. The molecule has 1 unspecified atom stereocenters. The van der Waals surface area contributed by atoms with Crippen molar-refractivity contribution in [3.63, 3.8) is 0 Å². The first kappa shape index (κ1) is 7.66. The van der Waals surface area contributed by atoms with Gasteiger partial charge in [0.25, 0.3) is 0 Å². The van der Waals surface area contributed by atoms with Gasteiger partial charge >= 0.3 is 0 Å². The molecule has 0 amide bonds. The molecule has 0 saturated heterocycles. The van der Waals surface area contributed by atoms with E-state index in [1.807, 2.05) is 13.8 Å². The van der Waals surface area contributed by atoms with Gasteiger partial charge in [0.1, 0.15) is 6.26 Å². The van der Waals surface area contributed by atoms with E-state index in [0.717, 1.165) is 0 Å². The normalized spacial score (nSPS) is 15.0. The van der Waals surface area contributed by atoms with Crippen LogP contribution in [0, 0.1) is 0 Å². The quantitative estimate of drug-likeness (QED) is 0.425. The summed E-state index contributed by atoms with van der Waals surface area (Å²) in [5.41, 5.74) is 0. The zero-order chi connectivity index (χ0) is 5.86. The molecule has 0 fully saturated rings. The Bertz CT molecular complexity index is 39.0. The first-order valence-electron chi connectivity index (χ1n) is 2.13. The first-order chi connectivity index (χ1) is 3.13. The van der Waals surface area contributed by atoms with Crippen LogP contribution in [0.4, 0.5) is 0 Å². The van der Waals surface area contributed by atoms with Gasteiger partial charge in [-0.1, -0.05) is 0 Å². The minimum Gasteiger partial charge on any atom is -0.605 e. The highest BCUT2D eigenvalue weighted by Crippen LogP contribution is 2.15. The summed E-state index contributed by atoms with van der Waals surface area (Å²) in [4.78, 5) is 0. The highest BCUT2D eigenvalue weighted by molar-refractivity contribution is 8.72. The van der Waals surface area contributed by atoms with Crippen LogP contribution in [0.1, 0.15) is 13.8 Å². The zero-order valence-electron chi connectivity index (χ0n) is 4.80. The van der Waals surface area contributed by atoms with Crippen LogP contribution < -0.4 is 0 Å². The third-order valence-corrected chi connectivity index (χ3v) is 2.95. The molecule has 0 aromatic heterocycles. The molecule has 0 aliphatic carbocycles. The van der Waals surface area contributed by atoms with E-state index in [1.165, 1.54) is 10.8 Å². The fourth-order valence-electron chi connectivity index (χ4n) is 0.271. The lowest BCUT2D eigenvalue weighted by molar-refractivity contribution is 0.614. The molecule has 3 heteroatoms. The Hall–Kier alpha value is 0.660. The molecule has 0 spiro atoms. The minimum atomic E-state index is -0.679. The van der Waals surface area contributed by atoms with Crippen molar-refractivity contribution in [1.29, 1.82) is 0 Å². The van der Waals surface area contributed by atoms with Crippen LogP contribution in [0.25, 0.3) is 0 Å². The van der Waals surface area contributed by atoms with Gasteiger partial charge < -0.3 is 4.55 Å². The van der Waals surface area contributed by atoms with E-state index in [0.29, 0.717) is 5.25 Å². The van der Waals surface area contributed by atoms with Gasteiger partial charge in [0.2, 0.25) is 0 Å². The summed E-state index contributed by atoms with van der Waals surface area (Å²) < 4.78 is 10.3. The van der Waals surface area contributed by atoms with Gasteiger partial charge in [0.05, 0.1) is 10.8 Å². The van der Waals surface area contributed by atoms with Crippen molar-refractivity contribution in [2.24, 2.45) is 0 Å². The summed E-state index contributed by atoms with van der Waals surface area (Å²) in [7, 11) is 0.802. The average molecular weight is 138 g/mol. The van der Waals surface area contributed by atoms with E-state index in [-0.39, 0.29) is 0 Å². The van der Waals surface area contributed by atoms with Crippen molar-refractivity contribution >= 4 is 21.0 Å². The molecule has 44 valence electrons. The molecule has 0 saturated carbocycles. The smallest absolute Gasteiger partial charge is 0.107 e. The zero-order valence-corrected chi connectivity index (χ0v) is 6.44. The fraction of sp³-hybridized carbons (Fsp3) is 1.00. The van der Waals surface area contributed by atoms with E-state index in [1.54, 1.807) is 6.26 Å². The summed E-state index contributed by atoms with van der Waals surface area (Å²) in [6, 6.07) is 0. The molecular weight excluding hydrogens is 128 g/mol. The Morgan fingerprint density at radius 3 is 2.00 bits per heavy atom. The van der Waals surface area contributed by atoms with Gasteiger partial charge in [-0.25, -0.2) is 0 Å². The van der Waals surface area contributed by atoms with Crippen molar-refractivity contribution in [3.05, 3.63) is 0 Å². The van der Waals surface area contributed by atoms with E-state index < -0.39 is 10.2 Å². The second-order valence-corrected chi connectivity index (χ2v) is 5.47. The molecule has 0 rings (SSSR count). The lowest BCUT2D eigenvalue weighted by atomic mass is 10.6. The number of hydrogen-bond donors (Lipinski definition) is 0. The molecular formula is C4H10OS2. The monoisotopic (exact) mass is 138 g/mol. The maximum atomic E-state index is 10.3. The number of hydrogen-bond acceptors (Lipinski definition) is 2. The van der Waals surface area contributed by atoms with Gasteiger partial charge in [-0.2, -0.15) is 0 Å². The summed E-state index contributed by atoms with van der Waals surface area (Å²) in [6.45, 7) is 4.07. The van der Waals surface area contributed by atoms with Gasteiger partial charge in [-0.05, 0) is 13.8 Å². The van der Waals surface area contributed by atoms with Crippen molar-refractivity contribution in [2.75, 3.05) is 6.26 Å². The van der Waals surface area contributed by atoms with Crippen molar-refractivity contribution < 1.29 is 4.55 Å². The summed E-state index contributed by atoms with van der Waals surface area (Å²) in [6.07, 6.45) is 1.70. The van der Waals surface area contributed by atoms with Gasteiger partial charge in [0.15, 0.2) is 0 Å². The van der Waals surface area contributed by atoms with Gasteiger partial charge in [-0.3, -0.25) is 0 Å². The standard InChI is InChI=1S/C4H10OS2/c1-4(2)6-7(3)5/h4H,1-3H3. The molecule has 7 heavy (non-hydrogen) atoms. The Labute approximate surface area is 51.5 Å². The van der Waals surface area contributed by atoms with E-state index in [4.69, 9.17) is 0 Å². The van der Waals surface area contributed by atoms with Crippen LogP contribution in [0.5, 0.6) is 0 Å². The third-order valence-electron chi connectivity index (χ3n) is 0.328. The SMILES string of the molecule is CC(C)S[S+](C)[O-]. The Morgan fingerprint density at radius 1 is 1.57 bits per heavy atom. The fourth-order valence-corrected chi connectivity index (χ4v) is 2.44. The van der Waals surface area contributed by atoms with Crippen LogP contribution in [0.3, 0.4) is 0 Å². The largest absolute Gasteiger partial charge is 0.605 e. The Morgan fingerprint density at radius 2 is 2.00 bits per heavy atom. The lowest BCUT2D eigenvalue weighted by Crippen LogP contribution is -1.95. The summed E-state index contributed by atoms with van der Waals surface area (Å²) in [5, 5.41) is 0.492. The maximum Gasteiger partial charge on any atom is 0.107 e. The molecule has 1 nitrogen and oxygen atoms in total. The molecule has 1 atom stereocenters. The molecule has 0 aliphatic heterocycles. The second-order valence-electron chi connectivity index (χ2n) is 1.55. The topological polar surface area (TPSA) is 23.1 Å². The molecule has 0 radical (unpaired) electrons. The van der Waals surface area contributed by atoms with Crippen LogP contribution >= 0.6 is 10.8 Å². The van der Waals surface area contributed by atoms with Crippen LogP contribution in [-0.4, -0.2) is 16.1 Å². The predicted octanol–water partition coefficient (Wildman–Crippen LogP) is 1.42. The average Bonchev–Trinajstić information content (AvgIpc) is 1.27. The van der Waals surface area contributed by atoms with Crippen LogP contribution in [0.2, 0.25) is 0 Å². The molecule has 0 bridgehead atoms. The Balaban J connectivity index is 2.95. The molecule has 0 aliphatic rings. The van der Waals surface area contributed by atoms with Crippen molar-refractivity contribution in [2.45, 2.75) is 19.1 Å². The van der Waals surface area contributed by atoms with E-state index in [2.05, 4.69) is 0 Å².